The number of fused-ring (bicyclic) bond motifs is 1. The lowest BCUT2D eigenvalue weighted by molar-refractivity contribution is -0.131. The minimum atomic E-state index is -0.675. The SMILES string of the molecule is CC(C)(C)OC(=O)N1C(=O)[C@@H]2CN(Cc3ccccc3)C[C@@H]2C1CC#N. The van der Waals surface area contributed by atoms with E-state index in [-0.39, 0.29) is 24.2 Å². The molecule has 2 saturated heterocycles. The Morgan fingerprint density at radius 3 is 2.58 bits per heavy atom. The minimum Gasteiger partial charge on any atom is -0.443 e. The first-order chi connectivity index (χ1) is 12.3. The predicted molar refractivity (Wildman–Crippen MR) is 95.8 cm³/mol. The number of ether oxygens (including phenoxy) is 1. The number of rotatable bonds is 3. The van der Waals surface area contributed by atoms with Crippen LogP contribution in [0.1, 0.15) is 32.8 Å². The summed E-state index contributed by atoms with van der Waals surface area (Å²) >= 11 is 0. The van der Waals surface area contributed by atoms with Crippen LogP contribution in [0, 0.1) is 23.2 Å². The smallest absolute Gasteiger partial charge is 0.417 e. The summed E-state index contributed by atoms with van der Waals surface area (Å²) < 4.78 is 5.40. The normalized spacial score (nSPS) is 25.8. The number of imide groups is 1. The van der Waals surface area contributed by atoms with E-state index < -0.39 is 17.7 Å². The van der Waals surface area contributed by atoms with Crippen LogP contribution in [0.2, 0.25) is 0 Å². The van der Waals surface area contributed by atoms with Crippen molar-refractivity contribution in [3.63, 3.8) is 0 Å². The maximum absolute atomic E-state index is 12.9. The Hall–Kier alpha value is -2.39. The van der Waals surface area contributed by atoms with Gasteiger partial charge in [0.25, 0.3) is 0 Å². The van der Waals surface area contributed by atoms with Gasteiger partial charge in [-0.05, 0) is 26.3 Å². The van der Waals surface area contributed by atoms with Crippen molar-refractivity contribution in [2.75, 3.05) is 13.1 Å². The first kappa shape index (κ1) is 18.4. The number of likely N-dealkylation sites (tertiary alicyclic amines) is 2. The van der Waals surface area contributed by atoms with E-state index in [1.807, 2.05) is 18.2 Å². The summed E-state index contributed by atoms with van der Waals surface area (Å²) in [5.74, 6) is -0.469. The van der Waals surface area contributed by atoms with E-state index in [2.05, 4.69) is 23.1 Å². The number of carbonyl (C=O) groups is 2. The van der Waals surface area contributed by atoms with E-state index in [0.717, 1.165) is 6.54 Å². The van der Waals surface area contributed by atoms with Crippen LogP contribution < -0.4 is 0 Å². The molecule has 6 nitrogen and oxygen atoms in total. The van der Waals surface area contributed by atoms with Crippen LogP contribution in [-0.4, -0.2) is 46.5 Å². The van der Waals surface area contributed by atoms with Gasteiger partial charge in [0.05, 0.1) is 24.4 Å². The van der Waals surface area contributed by atoms with Crippen LogP contribution in [0.15, 0.2) is 30.3 Å². The average Bonchev–Trinajstić information content (AvgIpc) is 3.06. The molecule has 0 N–H and O–H groups in total. The summed E-state index contributed by atoms with van der Waals surface area (Å²) in [5.41, 5.74) is 0.520. The second-order valence-electron chi connectivity index (χ2n) is 8.07. The van der Waals surface area contributed by atoms with Crippen LogP contribution >= 0.6 is 0 Å². The molecule has 0 spiro atoms. The third-order valence-electron chi connectivity index (χ3n) is 4.96. The van der Waals surface area contributed by atoms with Gasteiger partial charge in [-0.3, -0.25) is 9.69 Å². The lowest BCUT2D eigenvalue weighted by Gasteiger charge is -2.29. The third kappa shape index (κ3) is 3.73. The van der Waals surface area contributed by atoms with Crippen molar-refractivity contribution < 1.29 is 14.3 Å². The molecule has 0 saturated carbocycles. The highest BCUT2D eigenvalue weighted by molar-refractivity contribution is 5.96. The standard InChI is InChI=1S/C20H25N3O3/c1-20(2,3)26-19(25)23-17(9-10-21)15-12-22(13-16(15)18(23)24)11-14-7-5-4-6-8-14/h4-8,15-17H,9,11-13H2,1-3H3/t15-,16+,17?/m0/s1. The van der Waals surface area contributed by atoms with Gasteiger partial charge in [-0.2, -0.15) is 5.26 Å². The van der Waals surface area contributed by atoms with Crippen LogP contribution in [0.5, 0.6) is 0 Å². The molecule has 1 aromatic rings. The number of nitrogens with zero attached hydrogens (tertiary/aromatic N) is 3. The van der Waals surface area contributed by atoms with Gasteiger partial charge in [-0.15, -0.1) is 0 Å². The van der Waals surface area contributed by atoms with Crippen LogP contribution in [0.4, 0.5) is 4.79 Å². The van der Waals surface area contributed by atoms with Crippen LogP contribution in [0.25, 0.3) is 0 Å². The predicted octanol–water partition coefficient (Wildman–Crippen LogP) is 2.79. The monoisotopic (exact) mass is 355 g/mol. The molecule has 26 heavy (non-hydrogen) atoms. The topological polar surface area (TPSA) is 73.6 Å². The lowest BCUT2D eigenvalue weighted by Crippen LogP contribution is -2.45. The van der Waals surface area contributed by atoms with Crippen molar-refractivity contribution in [1.29, 1.82) is 5.26 Å². The zero-order valence-corrected chi connectivity index (χ0v) is 15.5. The Morgan fingerprint density at radius 1 is 1.27 bits per heavy atom. The molecule has 2 heterocycles. The number of carbonyl (C=O) groups excluding carboxylic acids is 2. The summed E-state index contributed by atoms with van der Waals surface area (Å²) in [6.45, 7) is 7.40. The highest BCUT2D eigenvalue weighted by Gasteiger charge is 2.55. The fraction of sp³-hybridized carbons (Fsp3) is 0.550. The molecule has 0 aromatic heterocycles. The van der Waals surface area contributed by atoms with Gasteiger partial charge >= 0.3 is 6.09 Å². The van der Waals surface area contributed by atoms with E-state index in [1.165, 1.54) is 10.5 Å². The zero-order chi connectivity index (χ0) is 18.9. The summed E-state index contributed by atoms with van der Waals surface area (Å²) in [5, 5.41) is 9.21. The van der Waals surface area contributed by atoms with Crippen molar-refractivity contribution >= 4 is 12.0 Å². The molecular formula is C20H25N3O3. The van der Waals surface area contributed by atoms with Gasteiger partial charge < -0.3 is 4.74 Å². The Morgan fingerprint density at radius 2 is 1.96 bits per heavy atom. The molecule has 2 aliphatic heterocycles. The average molecular weight is 355 g/mol. The zero-order valence-electron chi connectivity index (χ0n) is 15.5. The fourth-order valence-electron chi connectivity index (χ4n) is 3.94. The Labute approximate surface area is 154 Å². The van der Waals surface area contributed by atoms with Gasteiger partial charge in [0.1, 0.15) is 5.60 Å². The van der Waals surface area contributed by atoms with Crippen LogP contribution in [-0.2, 0) is 16.1 Å². The minimum absolute atomic E-state index is 0.0154. The molecular weight excluding hydrogens is 330 g/mol. The van der Waals surface area contributed by atoms with Gasteiger partial charge in [-0.1, -0.05) is 30.3 Å². The second-order valence-corrected chi connectivity index (χ2v) is 8.07. The van der Waals surface area contributed by atoms with Crippen molar-refractivity contribution in [3.8, 4) is 6.07 Å². The third-order valence-corrected chi connectivity index (χ3v) is 4.96. The van der Waals surface area contributed by atoms with Gasteiger partial charge in [0.15, 0.2) is 0 Å². The van der Waals surface area contributed by atoms with E-state index in [1.54, 1.807) is 20.8 Å². The van der Waals surface area contributed by atoms with Crippen LogP contribution in [0.3, 0.4) is 0 Å². The molecule has 0 aliphatic carbocycles. The van der Waals surface area contributed by atoms with Crippen molar-refractivity contribution in [3.05, 3.63) is 35.9 Å². The van der Waals surface area contributed by atoms with E-state index in [4.69, 9.17) is 4.74 Å². The Bertz CT molecular complexity index is 720. The molecule has 0 bridgehead atoms. The summed E-state index contributed by atoms with van der Waals surface area (Å²) in [4.78, 5) is 28.8. The van der Waals surface area contributed by atoms with Crippen molar-refractivity contribution in [1.82, 2.24) is 9.80 Å². The molecule has 6 heteroatoms. The molecule has 138 valence electrons. The largest absolute Gasteiger partial charge is 0.443 e. The van der Waals surface area contributed by atoms with E-state index >= 15 is 0 Å². The molecule has 2 aliphatic rings. The molecule has 2 fully saturated rings. The van der Waals surface area contributed by atoms with Crippen molar-refractivity contribution in [2.45, 2.75) is 45.4 Å². The van der Waals surface area contributed by atoms with E-state index in [0.29, 0.717) is 13.1 Å². The Kier molecular flexibility index (Phi) is 5.01. The molecule has 3 rings (SSSR count). The first-order valence-electron chi connectivity index (χ1n) is 8.99. The maximum atomic E-state index is 12.9. The molecule has 3 atom stereocenters. The molecule has 1 unspecified atom stereocenters. The number of amides is 2. The summed E-state index contributed by atoms with van der Waals surface area (Å²) in [6.07, 6.45) is -0.488. The van der Waals surface area contributed by atoms with Gasteiger partial charge in [0, 0.05) is 25.6 Å². The number of hydrogen-bond donors (Lipinski definition) is 0. The highest BCUT2D eigenvalue weighted by Crippen LogP contribution is 2.39. The fourth-order valence-corrected chi connectivity index (χ4v) is 3.94. The maximum Gasteiger partial charge on any atom is 0.417 e. The quantitative estimate of drug-likeness (QED) is 0.833. The molecule has 2 amide bonds. The number of hydrogen-bond acceptors (Lipinski definition) is 5. The van der Waals surface area contributed by atoms with E-state index in [9.17, 15) is 14.9 Å². The van der Waals surface area contributed by atoms with Crippen molar-refractivity contribution in [2.24, 2.45) is 11.8 Å². The summed E-state index contributed by atoms with van der Waals surface area (Å²) in [7, 11) is 0. The van der Waals surface area contributed by atoms with Gasteiger partial charge in [-0.25, -0.2) is 9.69 Å². The Balaban J connectivity index is 1.74. The first-order valence-corrected chi connectivity index (χ1v) is 8.99. The summed E-state index contributed by atoms with van der Waals surface area (Å²) in [6, 6.07) is 11.8. The lowest BCUT2D eigenvalue weighted by atomic mass is 9.92. The molecule has 1 aromatic carbocycles. The second kappa shape index (κ2) is 7.08. The number of nitriles is 1. The van der Waals surface area contributed by atoms with Gasteiger partial charge in [0.2, 0.25) is 5.91 Å². The number of benzene rings is 1. The highest BCUT2D eigenvalue weighted by atomic mass is 16.6. The molecule has 0 radical (unpaired) electrons.